The molecule has 0 aliphatic carbocycles. The van der Waals surface area contributed by atoms with E-state index in [4.69, 9.17) is 22.1 Å². The fourth-order valence-electron chi connectivity index (χ4n) is 2.73. The third kappa shape index (κ3) is 4.45. The minimum Gasteiger partial charge on any atom is -0.381 e. The van der Waals surface area contributed by atoms with Crippen LogP contribution in [0.25, 0.3) is 0 Å². The number of nitrogens with two attached hydrogens (primary N) is 1. The lowest BCUT2D eigenvalue weighted by atomic mass is 9.84. The number of hydrogen-bond acceptors (Lipinski definition) is 3. The van der Waals surface area contributed by atoms with Gasteiger partial charge in [-0.2, -0.15) is 0 Å². The fourth-order valence-corrected chi connectivity index (χ4v) is 2.92. The van der Waals surface area contributed by atoms with Gasteiger partial charge in [-0.1, -0.05) is 37.6 Å². The van der Waals surface area contributed by atoms with E-state index in [1.165, 1.54) is 0 Å². The number of rotatable bonds is 5. The van der Waals surface area contributed by atoms with Crippen LogP contribution in [0.1, 0.15) is 32.3 Å². The number of ether oxygens (including phenoxy) is 1. The standard InChI is InChI=1S/C17H25ClN2O2/c1-17(2,13-4-3-5-14(18)10-13)11-20-16(21)15(19)12-6-8-22-9-7-12/h3-5,10,12,15H,6-9,11,19H2,1-2H3,(H,20,21). The molecular formula is C17H25ClN2O2. The molecule has 1 heterocycles. The third-order valence-corrected chi connectivity index (χ3v) is 4.62. The second kappa shape index (κ2) is 7.44. The highest BCUT2D eigenvalue weighted by Crippen LogP contribution is 2.25. The summed E-state index contributed by atoms with van der Waals surface area (Å²) in [6, 6.07) is 7.28. The Labute approximate surface area is 137 Å². The number of benzene rings is 1. The first-order chi connectivity index (χ1) is 10.4. The Morgan fingerprint density at radius 2 is 2.14 bits per heavy atom. The molecule has 2 rings (SSSR count). The molecule has 0 aromatic heterocycles. The van der Waals surface area contributed by atoms with Gasteiger partial charge in [-0.3, -0.25) is 4.79 Å². The van der Waals surface area contributed by atoms with Crippen molar-refractivity contribution in [2.45, 2.75) is 38.1 Å². The summed E-state index contributed by atoms with van der Waals surface area (Å²) in [6.07, 6.45) is 1.71. The smallest absolute Gasteiger partial charge is 0.237 e. The Balaban J connectivity index is 1.91. The Morgan fingerprint density at radius 3 is 2.77 bits per heavy atom. The molecule has 1 fully saturated rings. The van der Waals surface area contributed by atoms with Crippen LogP contribution in [0.2, 0.25) is 5.02 Å². The van der Waals surface area contributed by atoms with E-state index in [2.05, 4.69) is 19.2 Å². The molecule has 1 saturated heterocycles. The van der Waals surface area contributed by atoms with Crippen molar-refractivity contribution in [1.82, 2.24) is 5.32 Å². The number of nitrogens with one attached hydrogen (secondary N) is 1. The van der Waals surface area contributed by atoms with Crippen LogP contribution in [-0.4, -0.2) is 31.7 Å². The van der Waals surface area contributed by atoms with Gasteiger partial charge in [-0.25, -0.2) is 0 Å². The highest BCUT2D eigenvalue weighted by molar-refractivity contribution is 6.30. The van der Waals surface area contributed by atoms with E-state index in [0.717, 1.165) is 18.4 Å². The molecule has 3 N–H and O–H groups in total. The van der Waals surface area contributed by atoms with E-state index in [0.29, 0.717) is 24.8 Å². The Kier molecular flexibility index (Phi) is 5.84. The molecule has 0 saturated carbocycles. The Morgan fingerprint density at radius 1 is 1.45 bits per heavy atom. The lowest BCUT2D eigenvalue weighted by Crippen LogP contribution is -2.49. The quantitative estimate of drug-likeness (QED) is 0.874. The Bertz CT molecular complexity index is 513. The zero-order valence-corrected chi connectivity index (χ0v) is 14.0. The fraction of sp³-hybridized carbons (Fsp3) is 0.588. The van der Waals surface area contributed by atoms with Gasteiger partial charge in [-0.15, -0.1) is 0 Å². The van der Waals surface area contributed by atoms with Crippen LogP contribution in [0.3, 0.4) is 0 Å². The molecule has 1 unspecified atom stereocenters. The predicted octanol–water partition coefficient (Wildman–Crippen LogP) is 2.49. The summed E-state index contributed by atoms with van der Waals surface area (Å²) in [6.45, 7) is 6.08. The summed E-state index contributed by atoms with van der Waals surface area (Å²) in [5, 5.41) is 3.69. The average molecular weight is 325 g/mol. The number of hydrogen-bond donors (Lipinski definition) is 2. The van der Waals surface area contributed by atoms with Crippen LogP contribution in [-0.2, 0) is 14.9 Å². The van der Waals surface area contributed by atoms with E-state index in [1.807, 2.05) is 24.3 Å². The highest BCUT2D eigenvalue weighted by atomic mass is 35.5. The largest absolute Gasteiger partial charge is 0.381 e. The topological polar surface area (TPSA) is 64.4 Å². The molecule has 122 valence electrons. The zero-order valence-electron chi connectivity index (χ0n) is 13.3. The number of carbonyl (C=O) groups is 1. The van der Waals surface area contributed by atoms with Gasteiger partial charge in [0.1, 0.15) is 0 Å². The van der Waals surface area contributed by atoms with Crippen LogP contribution >= 0.6 is 11.6 Å². The molecular weight excluding hydrogens is 300 g/mol. The second-order valence-electron chi connectivity index (χ2n) is 6.59. The molecule has 1 aliphatic rings. The van der Waals surface area contributed by atoms with Crippen molar-refractivity contribution in [2.24, 2.45) is 11.7 Å². The third-order valence-electron chi connectivity index (χ3n) is 4.39. The first-order valence-corrected chi connectivity index (χ1v) is 8.15. The zero-order chi connectivity index (χ0) is 16.2. The average Bonchev–Trinajstić information content (AvgIpc) is 2.53. The van der Waals surface area contributed by atoms with Gasteiger partial charge < -0.3 is 15.8 Å². The molecule has 1 aliphatic heterocycles. The predicted molar refractivity (Wildman–Crippen MR) is 89.0 cm³/mol. The van der Waals surface area contributed by atoms with Crippen molar-refractivity contribution >= 4 is 17.5 Å². The summed E-state index contributed by atoms with van der Waals surface area (Å²) in [5.41, 5.74) is 6.99. The van der Waals surface area contributed by atoms with Crippen LogP contribution in [0.5, 0.6) is 0 Å². The first-order valence-electron chi connectivity index (χ1n) is 7.77. The van der Waals surface area contributed by atoms with Gasteiger partial charge in [0.05, 0.1) is 6.04 Å². The van der Waals surface area contributed by atoms with E-state index in [-0.39, 0.29) is 17.2 Å². The maximum Gasteiger partial charge on any atom is 0.237 e. The Hall–Kier alpha value is -1.10. The maximum atomic E-state index is 12.3. The molecule has 1 atom stereocenters. The van der Waals surface area contributed by atoms with E-state index in [9.17, 15) is 4.79 Å². The maximum absolute atomic E-state index is 12.3. The number of amides is 1. The SMILES string of the molecule is CC(C)(CNC(=O)C(N)C1CCOCC1)c1cccc(Cl)c1. The summed E-state index contributed by atoms with van der Waals surface area (Å²) in [4.78, 5) is 12.3. The van der Waals surface area contributed by atoms with Crippen molar-refractivity contribution in [3.05, 3.63) is 34.9 Å². The summed E-state index contributed by atoms with van der Waals surface area (Å²) in [5.74, 6) is 0.130. The lowest BCUT2D eigenvalue weighted by molar-refractivity contribution is -0.124. The van der Waals surface area contributed by atoms with Gasteiger partial charge in [0.15, 0.2) is 0 Å². The molecule has 1 aromatic carbocycles. The summed E-state index contributed by atoms with van der Waals surface area (Å²) >= 11 is 6.05. The van der Waals surface area contributed by atoms with Crippen LogP contribution in [0, 0.1) is 5.92 Å². The van der Waals surface area contributed by atoms with Gasteiger partial charge in [0.2, 0.25) is 5.91 Å². The molecule has 5 heteroatoms. The lowest BCUT2D eigenvalue weighted by Gasteiger charge is -2.29. The van der Waals surface area contributed by atoms with Gasteiger partial charge in [0.25, 0.3) is 0 Å². The van der Waals surface area contributed by atoms with Crippen molar-refractivity contribution in [3.63, 3.8) is 0 Å². The molecule has 22 heavy (non-hydrogen) atoms. The molecule has 0 spiro atoms. The van der Waals surface area contributed by atoms with Crippen molar-refractivity contribution in [3.8, 4) is 0 Å². The van der Waals surface area contributed by atoms with Crippen LogP contribution in [0.4, 0.5) is 0 Å². The van der Waals surface area contributed by atoms with E-state index >= 15 is 0 Å². The molecule has 4 nitrogen and oxygen atoms in total. The van der Waals surface area contributed by atoms with Crippen molar-refractivity contribution in [1.29, 1.82) is 0 Å². The monoisotopic (exact) mass is 324 g/mol. The van der Waals surface area contributed by atoms with Crippen LogP contribution in [0.15, 0.2) is 24.3 Å². The molecule has 1 amide bonds. The van der Waals surface area contributed by atoms with E-state index < -0.39 is 6.04 Å². The molecule has 1 aromatic rings. The van der Waals surface area contributed by atoms with Crippen LogP contribution < -0.4 is 11.1 Å². The number of halogens is 1. The summed E-state index contributed by atoms with van der Waals surface area (Å²) in [7, 11) is 0. The van der Waals surface area contributed by atoms with E-state index in [1.54, 1.807) is 0 Å². The van der Waals surface area contributed by atoms with Gasteiger partial charge >= 0.3 is 0 Å². The minimum absolute atomic E-state index is 0.0815. The van der Waals surface area contributed by atoms with Gasteiger partial charge in [0, 0.05) is 30.2 Å². The van der Waals surface area contributed by atoms with Gasteiger partial charge in [-0.05, 0) is 36.5 Å². The molecule has 0 bridgehead atoms. The number of carbonyl (C=O) groups excluding carboxylic acids is 1. The first kappa shape index (κ1) is 17.3. The second-order valence-corrected chi connectivity index (χ2v) is 7.02. The summed E-state index contributed by atoms with van der Waals surface area (Å²) < 4.78 is 5.31. The highest BCUT2D eigenvalue weighted by Gasteiger charge is 2.28. The normalized spacial score (nSPS) is 18.0. The van der Waals surface area contributed by atoms with Crippen molar-refractivity contribution < 1.29 is 9.53 Å². The molecule has 0 radical (unpaired) electrons. The minimum atomic E-state index is -0.459. The van der Waals surface area contributed by atoms with Crippen molar-refractivity contribution in [2.75, 3.05) is 19.8 Å².